The Bertz CT molecular complexity index is 524. The standard InChI is InChI=1S/C14H20N4O/c1-4-6-16-14(13-5-7-18(2)17-13)11-8-12(19-3)10-15-9-11/h5,7-10,14,16H,4,6H2,1-3H3. The van der Waals surface area contributed by atoms with Crippen molar-refractivity contribution in [3.63, 3.8) is 0 Å². The van der Waals surface area contributed by atoms with Crippen molar-refractivity contribution in [3.05, 3.63) is 42.0 Å². The average molecular weight is 260 g/mol. The predicted molar refractivity (Wildman–Crippen MR) is 74.1 cm³/mol. The topological polar surface area (TPSA) is 52.0 Å². The lowest BCUT2D eigenvalue weighted by Gasteiger charge is -2.17. The molecule has 0 spiro atoms. The van der Waals surface area contributed by atoms with Crippen molar-refractivity contribution in [3.8, 4) is 5.75 Å². The fourth-order valence-corrected chi connectivity index (χ4v) is 1.97. The van der Waals surface area contributed by atoms with Crippen LogP contribution in [0.4, 0.5) is 0 Å². The number of nitrogens with one attached hydrogen (secondary N) is 1. The summed E-state index contributed by atoms with van der Waals surface area (Å²) in [6.45, 7) is 3.07. The van der Waals surface area contributed by atoms with E-state index in [2.05, 4.69) is 22.3 Å². The zero-order chi connectivity index (χ0) is 13.7. The number of hydrogen-bond donors (Lipinski definition) is 1. The van der Waals surface area contributed by atoms with Gasteiger partial charge in [0.1, 0.15) is 5.75 Å². The second kappa shape index (κ2) is 6.33. The number of pyridine rings is 1. The van der Waals surface area contributed by atoms with Crippen LogP contribution < -0.4 is 10.1 Å². The number of methoxy groups -OCH3 is 1. The minimum Gasteiger partial charge on any atom is -0.495 e. The molecular formula is C14H20N4O. The Morgan fingerprint density at radius 3 is 2.89 bits per heavy atom. The van der Waals surface area contributed by atoms with Crippen LogP contribution >= 0.6 is 0 Å². The Kier molecular flexibility index (Phi) is 4.52. The lowest BCUT2D eigenvalue weighted by Crippen LogP contribution is -2.24. The summed E-state index contributed by atoms with van der Waals surface area (Å²) < 4.78 is 7.04. The Morgan fingerprint density at radius 2 is 2.26 bits per heavy atom. The number of nitrogens with zero attached hydrogens (tertiary/aromatic N) is 3. The van der Waals surface area contributed by atoms with E-state index in [-0.39, 0.29) is 6.04 Å². The molecule has 19 heavy (non-hydrogen) atoms. The summed E-state index contributed by atoms with van der Waals surface area (Å²) in [5.41, 5.74) is 2.05. The van der Waals surface area contributed by atoms with Gasteiger partial charge in [0.2, 0.25) is 0 Å². The molecular weight excluding hydrogens is 240 g/mol. The van der Waals surface area contributed by atoms with Gasteiger partial charge in [-0.3, -0.25) is 9.67 Å². The molecule has 0 bridgehead atoms. The van der Waals surface area contributed by atoms with Crippen molar-refractivity contribution in [1.82, 2.24) is 20.1 Å². The molecule has 0 aromatic carbocycles. The summed E-state index contributed by atoms with van der Waals surface area (Å²) in [7, 11) is 3.57. The highest BCUT2D eigenvalue weighted by Gasteiger charge is 2.16. The van der Waals surface area contributed by atoms with Crippen molar-refractivity contribution < 1.29 is 4.74 Å². The predicted octanol–water partition coefficient (Wildman–Crippen LogP) is 1.91. The highest BCUT2D eigenvalue weighted by Crippen LogP contribution is 2.22. The number of ether oxygens (including phenoxy) is 1. The number of aromatic nitrogens is 3. The van der Waals surface area contributed by atoms with Crippen LogP contribution in [0.25, 0.3) is 0 Å². The van der Waals surface area contributed by atoms with E-state index < -0.39 is 0 Å². The summed E-state index contributed by atoms with van der Waals surface area (Å²) in [5.74, 6) is 0.761. The molecule has 102 valence electrons. The number of rotatable bonds is 6. The van der Waals surface area contributed by atoms with Crippen LogP contribution in [0.3, 0.4) is 0 Å². The fourth-order valence-electron chi connectivity index (χ4n) is 1.97. The monoisotopic (exact) mass is 260 g/mol. The Balaban J connectivity index is 2.30. The van der Waals surface area contributed by atoms with Crippen LogP contribution in [-0.4, -0.2) is 28.4 Å². The lowest BCUT2D eigenvalue weighted by atomic mass is 10.1. The zero-order valence-corrected chi connectivity index (χ0v) is 11.6. The van der Waals surface area contributed by atoms with Crippen LogP contribution in [0.5, 0.6) is 5.75 Å². The summed E-state index contributed by atoms with van der Waals surface area (Å²) in [4.78, 5) is 4.22. The molecule has 1 unspecified atom stereocenters. The van der Waals surface area contributed by atoms with Crippen molar-refractivity contribution >= 4 is 0 Å². The summed E-state index contributed by atoms with van der Waals surface area (Å²) in [6, 6.07) is 4.06. The first kappa shape index (κ1) is 13.5. The molecule has 0 saturated carbocycles. The van der Waals surface area contributed by atoms with Gasteiger partial charge in [0.15, 0.2) is 0 Å². The van der Waals surface area contributed by atoms with E-state index in [1.807, 2.05) is 36.3 Å². The van der Waals surface area contributed by atoms with Crippen LogP contribution in [-0.2, 0) is 7.05 Å². The molecule has 0 saturated heterocycles. The molecule has 0 fully saturated rings. The lowest BCUT2D eigenvalue weighted by molar-refractivity contribution is 0.411. The molecule has 2 rings (SSSR count). The number of aryl methyl sites for hydroxylation is 1. The maximum absolute atomic E-state index is 5.23. The van der Waals surface area contributed by atoms with Gasteiger partial charge < -0.3 is 10.1 Å². The van der Waals surface area contributed by atoms with Crippen LogP contribution in [0.2, 0.25) is 0 Å². The first-order chi connectivity index (χ1) is 9.24. The second-order valence-electron chi connectivity index (χ2n) is 4.46. The van der Waals surface area contributed by atoms with Crippen molar-refractivity contribution in [2.75, 3.05) is 13.7 Å². The van der Waals surface area contributed by atoms with Gasteiger partial charge in [0.25, 0.3) is 0 Å². The van der Waals surface area contributed by atoms with Crippen LogP contribution in [0.15, 0.2) is 30.7 Å². The molecule has 5 heteroatoms. The van der Waals surface area contributed by atoms with Gasteiger partial charge in [-0.25, -0.2) is 0 Å². The van der Waals surface area contributed by atoms with Crippen molar-refractivity contribution in [1.29, 1.82) is 0 Å². The quantitative estimate of drug-likeness (QED) is 0.862. The highest BCUT2D eigenvalue weighted by atomic mass is 16.5. The van der Waals surface area contributed by atoms with E-state index >= 15 is 0 Å². The molecule has 0 aliphatic heterocycles. The van der Waals surface area contributed by atoms with Gasteiger partial charge >= 0.3 is 0 Å². The van der Waals surface area contributed by atoms with E-state index in [1.165, 1.54) is 0 Å². The largest absolute Gasteiger partial charge is 0.495 e. The molecule has 2 heterocycles. The zero-order valence-electron chi connectivity index (χ0n) is 11.6. The molecule has 5 nitrogen and oxygen atoms in total. The molecule has 0 aliphatic carbocycles. The highest BCUT2D eigenvalue weighted by molar-refractivity contribution is 5.30. The smallest absolute Gasteiger partial charge is 0.137 e. The third-order valence-corrected chi connectivity index (χ3v) is 2.93. The molecule has 0 amide bonds. The van der Waals surface area contributed by atoms with E-state index in [4.69, 9.17) is 4.74 Å². The maximum Gasteiger partial charge on any atom is 0.137 e. The normalized spacial score (nSPS) is 12.4. The molecule has 1 atom stereocenters. The fraction of sp³-hybridized carbons (Fsp3) is 0.429. The van der Waals surface area contributed by atoms with Gasteiger partial charge in [0.05, 0.1) is 25.0 Å². The van der Waals surface area contributed by atoms with Gasteiger partial charge in [-0.15, -0.1) is 0 Å². The van der Waals surface area contributed by atoms with Crippen LogP contribution in [0, 0.1) is 0 Å². The van der Waals surface area contributed by atoms with Gasteiger partial charge in [-0.2, -0.15) is 5.10 Å². The van der Waals surface area contributed by atoms with Crippen molar-refractivity contribution in [2.45, 2.75) is 19.4 Å². The minimum absolute atomic E-state index is 0.0451. The van der Waals surface area contributed by atoms with Gasteiger partial charge in [0, 0.05) is 19.4 Å². The summed E-state index contributed by atoms with van der Waals surface area (Å²) in [5, 5.41) is 7.98. The second-order valence-corrected chi connectivity index (χ2v) is 4.46. The summed E-state index contributed by atoms with van der Waals surface area (Å²) >= 11 is 0. The molecule has 2 aromatic rings. The van der Waals surface area contributed by atoms with E-state index in [9.17, 15) is 0 Å². The first-order valence-electron chi connectivity index (χ1n) is 6.46. The first-order valence-corrected chi connectivity index (χ1v) is 6.46. The van der Waals surface area contributed by atoms with Crippen LogP contribution in [0.1, 0.15) is 30.6 Å². The Hall–Kier alpha value is -1.88. The molecule has 2 aromatic heterocycles. The third-order valence-electron chi connectivity index (χ3n) is 2.93. The minimum atomic E-state index is 0.0451. The maximum atomic E-state index is 5.23. The van der Waals surface area contributed by atoms with Gasteiger partial charge in [-0.1, -0.05) is 6.92 Å². The van der Waals surface area contributed by atoms with Gasteiger partial charge in [-0.05, 0) is 30.7 Å². The number of hydrogen-bond acceptors (Lipinski definition) is 4. The summed E-state index contributed by atoms with van der Waals surface area (Å²) in [6.07, 6.45) is 6.58. The van der Waals surface area contributed by atoms with E-state index in [0.29, 0.717) is 0 Å². The van der Waals surface area contributed by atoms with E-state index in [0.717, 1.165) is 30.0 Å². The SMILES string of the molecule is CCCNC(c1cncc(OC)c1)c1ccn(C)n1. The molecule has 0 radical (unpaired) electrons. The molecule has 0 aliphatic rings. The van der Waals surface area contributed by atoms with E-state index in [1.54, 1.807) is 13.3 Å². The third kappa shape index (κ3) is 3.32. The van der Waals surface area contributed by atoms with Crippen molar-refractivity contribution in [2.24, 2.45) is 7.05 Å². The Morgan fingerprint density at radius 1 is 1.42 bits per heavy atom. The Labute approximate surface area is 113 Å². The molecule has 1 N–H and O–H groups in total. The average Bonchev–Trinajstić information content (AvgIpc) is 2.86.